The number of carbonyl (C=O) groups is 1. The number of anilines is 1. The van der Waals surface area contributed by atoms with Crippen LogP contribution in [0.2, 0.25) is 0 Å². The van der Waals surface area contributed by atoms with Gasteiger partial charge in [0.1, 0.15) is 0 Å². The van der Waals surface area contributed by atoms with Crippen molar-refractivity contribution in [2.45, 2.75) is 59.4 Å². The van der Waals surface area contributed by atoms with Crippen molar-refractivity contribution in [1.82, 2.24) is 0 Å². The highest BCUT2D eigenvalue weighted by molar-refractivity contribution is 7.16. The molecule has 1 aliphatic carbocycles. The molecule has 3 N–H and O–H groups in total. The molecule has 3 nitrogen and oxygen atoms in total. The van der Waals surface area contributed by atoms with Crippen LogP contribution in [0.1, 0.15) is 49.6 Å². The Bertz CT molecular complexity index is 485. The first-order valence-electron chi connectivity index (χ1n) is 6.98. The van der Waals surface area contributed by atoms with Crippen LogP contribution in [0.15, 0.2) is 0 Å². The van der Waals surface area contributed by atoms with Gasteiger partial charge >= 0.3 is 0 Å². The number of fused-ring (bicyclic) bond motifs is 1. The molecule has 1 heterocycles. The molecule has 19 heavy (non-hydrogen) atoms. The maximum absolute atomic E-state index is 12.2. The van der Waals surface area contributed by atoms with E-state index in [0.29, 0.717) is 0 Å². The van der Waals surface area contributed by atoms with Crippen molar-refractivity contribution in [3.8, 4) is 0 Å². The monoisotopic (exact) mass is 280 g/mol. The molecule has 1 amide bonds. The Morgan fingerprint density at radius 1 is 1.32 bits per heavy atom. The van der Waals surface area contributed by atoms with Crippen LogP contribution in [0.4, 0.5) is 5.00 Å². The summed E-state index contributed by atoms with van der Waals surface area (Å²) in [6.45, 7) is 8.08. The van der Waals surface area contributed by atoms with E-state index in [9.17, 15) is 4.79 Å². The van der Waals surface area contributed by atoms with E-state index in [1.807, 2.05) is 20.8 Å². The summed E-state index contributed by atoms with van der Waals surface area (Å²) in [5.74, 6) is -0.0748. The number of rotatable bonds is 2. The fourth-order valence-corrected chi connectivity index (χ4v) is 3.72. The van der Waals surface area contributed by atoms with Crippen LogP contribution in [-0.2, 0) is 17.6 Å². The second-order valence-electron chi connectivity index (χ2n) is 6.50. The van der Waals surface area contributed by atoms with Crippen LogP contribution in [0.5, 0.6) is 0 Å². The fourth-order valence-electron chi connectivity index (χ4n) is 2.43. The summed E-state index contributed by atoms with van der Waals surface area (Å²) in [5.41, 5.74) is 8.49. The highest BCUT2D eigenvalue weighted by atomic mass is 32.1. The van der Waals surface area contributed by atoms with E-state index >= 15 is 0 Å². The van der Waals surface area contributed by atoms with Crippen LogP contribution in [0.25, 0.3) is 0 Å². The molecule has 1 aliphatic rings. The van der Waals surface area contributed by atoms with Crippen molar-refractivity contribution in [2.24, 2.45) is 11.1 Å². The van der Waals surface area contributed by atoms with Crippen LogP contribution in [-0.4, -0.2) is 11.9 Å². The zero-order valence-corrected chi connectivity index (χ0v) is 13.1. The third-order valence-corrected chi connectivity index (χ3v) is 5.20. The van der Waals surface area contributed by atoms with Crippen LogP contribution in [0, 0.1) is 12.3 Å². The Morgan fingerprint density at radius 3 is 2.53 bits per heavy atom. The SMILES string of the molecule is Cc1c(NC(=O)[C@@H](N)C(C)(C)C)sc2c1CCCC2. The van der Waals surface area contributed by atoms with Crippen molar-refractivity contribution in [1.29, 1.82) is 0 Å². The van der Waals surface area contributed by atoms with E-state index in [0.717, 1.165) is 17.8 Å². The first-order valence-corrected chi connectivity index (χ1v) is 7.80. The molecular weight excluding hydrogens is 256 g/mol. The summed E-state index contributed by atoms with van der Waals surface area (Å²) in [7, 11) is 0. The van der Waals surface area contributed by atoms with Gasteiger partial charge in [-0.1, -0.05) is 20.8 Å². The quantitative estimate of drug-likeness (QED) is 0.873. The highest BCUT2D eigenvalue weighted by Crippen LogP contribution is 2.37. The molecule has 0 bridgehead atoms. The number of hydrogen-bond donors (Lipinski definition) is 2. The van der Waals surface area contributed by atoms with Crippen molar-refractivity contribution in [3.63, 3.8) is 0 Å². The molecule has 0 saturated carbocycles. The van der Waals surface area contributed by atoms with Crippen molar-refractivity contribution in [2.75, 3.05) is 5.32 Å². The molecule has 0 aromatic carbocycles. The van der Waals surface area contributed by atoms with Gasteiger partial charge in [0.15, 0.2) is 0 Å². The molecular formula is C15H24N2OS. The second-order valence-corrected chi connectivity index (χ2v) is 7.60. The third-order valence-electron chi connectivity index (χ3n) is 3.89. The molecule has 1 aromatic heterocycles. The average molecular weight is 280 g/mol. The highest BCUT2D eigenvalue weighted by Gasteiger charge is 2.28. The first-order chi connectivity index (χ1) is 8.80. The van der Waals surface area contributed by atoms with E-state index in [-0.39, 0.29) is 11.3 Å². The van der Waals surface area contributed by atoms with E-state index in [1.54, 1.807) is 11.3 Å². The molecule has 0 saturated heterocycles. The Morgan fingerprint density at radius 2 is 1.95 bits per heavy atom. The average Bonchev–Trinajstić information content (AvgIpc) is 2.65. The topological polar surface area (TPSA) is 55.1 Å². The van der Waals surface area contributed by atoms with Gasteiger partial charge in [0.2, 0.25) is 5.91 Å². The summed E-state index contributed by atoms with van der Waals surface area (Å²) in [5, 5.41) is 4.03. The largest absolute Gasteiger partial charge is 0.319 e. The third kappa shape index (κ3) is 3.00. The molecule has 0 radical (unpaired) electrons. The van der Waals surface area contributed by atoms with E-state index in [1.165, 1.54) is 28.8 Å². The minimum Gasteiger partial charge on any atom is -0.319 e. The lowest BCUT2D eigenvalue weighted by atomic mass is 9.87. The number of amides is 1. The molecule has 106 valence electrons. The van der Waals surface area contributed by atoms with Gasteiger partial charge in [0, 0.05) is 4.88 Å². The Balaban J connectivity index is 2.16. The number of thiophene rings is 1. The molecule has 0 fully saturated rings. The maximum atomic E-state index is 12.2. The Labute approximate surface area is 119 Å². The van der Waals surface area contributed by atoms with E-state index in [4.69, 9.17) is 5.73 Å². The number of nitrogens with two attached hydrogens (primary N) is 1. The predicted octanol–water partition coefficient (Wildman–Crippen LogP) is 3.25. The second kappa shape index (κ2) is 5.25. The zero-order chi connectivity index (χ0) is 14.2. The summed E-state index contributed by atoms with van der Waals surface area (Å²) in [6, 6.07) is -0.481. The van der Waals surface area contributed by atoms with Gasteiger partial charge in [-0.05, 0) is 49.1 Å². The summed E-state index contributed by atoms with van der Waals surface area (Å²) in [6.07, 6.45) is 4.84. The molecule has 2 rings (SSSR count). The van der Waals surface area contributed by atoms with Gasteiger partial charge < -0.3 is 11.1 Å². The number of carbonyl (C=O) groups excluding carboxylic acids is 1. The zero-order valence-electron chi connectivity index (χ0n) is 12.3. The number of hydrogen-bond acceptors (Lipinski definition) is 3. The van der Waals surface area contributed by atoms with Crippen molar-refractivity contribution < 1.29 is 4.79 Å². The predicted molar refractivity (Wildman–Crippen MR) is 81.8 cm³/mol. The first kappa shape index (κ1) is 14.5. The standard InChI is InChI=1S/C15H24N2OS/c1-9-10-7-5-6-8-11(10)19-14(9)17-13(18)12(16)15(2,3)4/h12H,5-8,16H2,1-4H3,(H,17,18)/t12-/m1/s1. The molecule has 0 spiro atoms. The van der Waals surface area contributed by atoms with Gasteiger partial charge in [-0.25, -0.2) is 0 Å². The lowest BCUT2D eigenvalue weighted by molar-refractivity contribution is -0.119. The van der Waals surface area contributed by atoms with Crippen LogP contribution in [0.3, 0.4) is 0 Å². The number of nitrogens with one attached hydrogen (secondary N) is 1. The minimum atomic E-state index is -0.481. The van der Waals surface area contributed by atoms with Crippen LogP contribution < -0.4 is 11.1 Å². The summed E-state index contributed by atoms with van der Waals surface area (Å²) < 4.78 is 0. The van der Waals surface area contributed by atoms with Gasteiger partial charge in [-0.15, -0.1) is 11.3 Å². The fraction of sp³-hybridized carbons (Fsp3) is 0.667. The summed E-state index contributed by atoms with van der Waals surface area (Å²) in [4.78, 5) is 13.6. The van der Waals surface area contributed by atoms with Gasteiger partial charge in [-0.2, -0.15) is 0 Å². The number of aryl methyl sites for hydroxylation is 1. The minimum absolute atomic E-state index is 0.0748. The Kier molecular flexibility index (Phi) is 4.02. The molecule has 4 heteroatoms. The molecule has 0 unspecified atom stereocenters. The van der Waals surface area contributed by atoms with E-state index < -0.39 is 6.04 Å². The normalized spacial score (nSPS) is 16.9. The van der Waals surface area contributed by atoms with Crippen molar-refractivity contribution >= 4 is 22.2 Å². The van der Waals surface area contributed by atoms with E-state index in [2.05, 4.69) is 12.2 Å². The summed E-state index contributed by atoms with van der Waals surface area (Å²) >= 11 is 1.73. The van der Waals surface area contributed by atoms with Crippen molar-refractivity contribution in [3.05, 3.63) is 16.0 Å². The maximum Gasteiger partial charge on any atom is 0.242 e. The lowest BCUT2D eigenvalue weighted by Crippen LogP contribution is -2.45. The Hall–Kier alpha value is -0.870. The molecule has 0 aliphatic heterocycles. The molecule has 1 atom stereocenters. The van der Waals surface area contributed by atoms with Gasteiger partial charge in [-0.3, -0.25) is 4.79 Å². The lowest BCUT2D eigenvalue weighted by Gasteiger charge is -2.25. The van der Waals surface area contributed by atoms with Crippen LogP contribution >= 0.6 is 11.3 Å². The van der Waals surface area contributed by atoms with Gasteiger partial charge in [0.05, 0.1) is 11.0 Å². The smallest absolute Gasteiger partial charge is 0.242 e. The van der Waals surface area contributed by atoms with Gasteiger partial charge in [0.25, 0.3) is 0 Å². The molecule has 1 aromatic rings.